The number of amides is 2. The highest BCUT2D eigenvalue weighted by Gasteiger charge is 2.18. The molecule has 2 amide bonds. The van der Waals surface area contributed by atoms with Crippen molar-refractivity contribution >= 4 is 11.8 Å². The normalized spacial score (nSPS) is 10.7. The van der Waals surface area contributed by atoms with Gasteiger partial charge in [0.25, 0.3) is 5.91 Å². The Kier molecular flexibility index (Phi) is 5.21. The van der Waals surface area contributed by atoms with Gasteiger partial charge in [-0.2, -0.15) is 5.10 Å². The summed E-state index contributed by atoms with van der Waals surface area (Å²) in [5.74, 6) is -0.813. The van der Waals surface area contributed by atoms with Crippen molar-refractivity contribution < 1.29 is 14.7 Å². The van der Waals surface area contributed by atoms with Gasteiger partial charge in [-0.3, -0.25) is 14.7 Å². The fourth-order valence-electron chi connectivity index (χ4n) is 2.94. The number of nitrogens with two attached hydrogens (primary N) is 2. The Bertz CT molecular complexity index is 960. The minimum absolute atomic E-state index is 0.209. The molecule has 0 bridgehead atoms. The van der Waals surface area contributed by atoms with Crippen molar-refractivity contribution in [1.82, 2.24) is 10.2 Å². The number of carbonyl (C=O) groups is 2. The molecule has 0 unspecified atom stereocenters. The van der Waals surface area contributed by atoms with Gasteiger partial charge in [0.2, 0.25) is 5.91 Å². The number of benzene rings is 2. The summed E-state index contributed by atoms with van der Waals surface area (Å²) in [5, 5.41) is 16.5. The van der Waals surface area contributed by atoms with Crippen molar-refractivity contribution in [3.8, 4) is 5.75 Å². The second-order valence-corrected chi connectivity index (χ2v) is 6.29. The summed E-state index contributed by atoms with van der Waals surface area (Å²) < 4.78 is 0. The van der Waals surface area contributed by atoms with Gasteiger partial charge >= 0.3 is 0 Å². The lowest BCUT2D eigenvalue weighted by Crippen LogP contribution is -2.15. The average Bonchev–Trinajstić information content (AvgIpc) is 3.04. The Morgan fingerprint density at radius 3 is 2.11 bits per heavy atom. The van der Waals surface area contributed by atoms with Crippen molar-refractivity contribution in [2.75, 3.05) is 0 Å². The molecule has 0 saturated carbocycles. The number of aryl methyl sites for hydroxylation is 2. The third-order valence-electron chi connectivity index (χ3n) is 4.37. The molecule has 27 heavy (non-hydrogen) atoms. The van der Waals surface area contributed by atoms with E-state index in [1.807, 2.05) is 12.1 Å². The number of hydrogen-bond donors (Lipinski definition) is 4. The fourth-order valence-corrected chi connectivity index (χ4v) is 2.94. The molecule has 7 nitrogen and oxygen atoms in total. The van der Waals surface area contributed by atoms with Crippen LogP contribution in [0, 0.1) is 0 Å². The maximum absolute atomic E-state index is 12.0. The Morgan fingerprint density at radius 2 is 1.52 bits per heavy atom. The van der Waals surface area contributed by atoms with E-state index < -0.39 is 11.8 Å². The first kappa shape index (κ1) is 18.2. The molecule has 2 aromatic carbocycles. The van der Waals surface area contributed by atoms with E-state index in [1.54, 1.807) is 36.4 Å². The first-order valence-corrected chi connectivity index (χ1v) is 8.46. The van der Waals surface area contributed by atoms with Gasteiger partial charge in [-0.1, -0.05) is 24.3 Å². The topological polar surface area (TPSA) is 135 Å². The molecule has 138 valence electrons. The average molecular weight is 364 g/mol. The van der Waals surface area contributed by atoms with Crippen molar-refractivity contribution in [3.63, 3.8) is 0 Å². The molecule has 0 spiro atoms. The van der Waals surface area contributed by atoms with E-state index in [2.05, 4.69) is 10.2 Å². The second-order valence-electron chi connectivity index (χ2n) is 6.29. The number of H-pyrrole nitrogens is 1. The summed E-state index contributed by atoms with van der Waals surface area (Å²) in [4.78, 5) is 23.1. The quantitative estimate of drug-likeness (QED) is 0.507. The number of primary amides is 2. The van der Waals surface area contributed by atoms with E-state index in [4.69, 9.17) is 11.5 Å². The van der Waals surface area contributed by atoms with Gasteiger partial charge in [0, 0.05) is 12.0 Å². The van der Waals surface area contributed by atoms with Crippen LogP contribution in [-0.4, -0.2) is 27.1 Å². The number of nitrogens with zero attached hydrogens (tertiary/aromatic N) is 1. The lowest BCUT2D eigenvalue weighted by atomic mass is 10.0. The molecule has 3 rings (SSSR count). The molecule has 3 aromatic rings. The molecule has 0 aliphatic rings. The van der Waals surface area contributed by atoms with Crippen LogP contribution in [-0.2, 0) is 19.3 Å². The lowest BCUT2D eigenvalue weighted by Gasteiger charge is -2.04. The van der Waals surface area contributed by atoms with Crippen LogP contribution in [0.4, 0.5) is 0 Å². The molecule has 0 aliphatic heterocycles. The van der Waals surface area contributed by atoms with Crippen LogP contribution in [0.25, 0.3) is 0 Å². The summed E-state index contributed by atoms with van der Waals surface area (Å²) in [6, 6.07) is 13.7. The number of aromatic amines is 1. The smallest absolute Gasteiger partial charge is 0.252 e. The summed E-state index contributed by atoms with van der Waals surface area (Å²) in [6.07, 6.45) is 1.64. The highest BCUT2D eigenvalue weighted by Crippen LogP contribution is 2.18. The number of rotatable bonds is 7. The number of phenols is 1. The van der Waals surface area contributed by atoms with Crippen LogP contribution in [0.3, 0.4) is 0 Å². The third kappa shape index (κ3) is 4.33. The zero-order valence-corrected chi connectivity index (χ0v) is 14.6. The van der Waals surface area contributed by atoms with Gasteiger partial charge in [-0.25, -0.2) is 0 Å². The maximum atomic E-state index is 12.0. The fraction of sp³-hybridized carbons (Fsp3) is 0.150. The summed E-state index contributed by atoms with van der Waals surface area (Å²) in [6.45, 7) is 0. The molecule has 0 atom stereocenters. The lowest BCUT2D eigenvalue weighted by molar-refractivity contribution is 0.0991. The number of hydrogen-bond acceptors (Lipinski definition) is 4. The van der Waals surface area contributed by atoms with Gasteiger partial charge in [-0.15, -0.1) is 0 Å². The monoisotopic (exact) mass is 364 g/mol. The Hall–Kier alpha value is -3.61. The molecule has 7 heteroatoms. The molecular formula is C20H20N4O3. The molecule has 6 N–H and O–H groups in total. The standard InChI is InChI=1S/C20H20N4O3/c21-19(26)14-6-1-13(2-7-14)11-17-18(20(22)27)16(23-24-17)10-5-12-3-8-15(25)9-4-12/h1-4,6-9,25H,5,10-11H2,(H2,21,26)(H2,22,27)(H,23,24). The van der Waals surface area contributed by atoms with E-state index in [0.717, 1.165) is 11.1 Å². The van der Waals surface area contributed by atoms with Crippen LogP contribution in [0.15, 0.2) is 48.5 Å². The SMILES string of the molecule is NC(=O)c1ccc(Cc2[nH]nc(CCc3ccc(O)cc3)c2C(N)=O)cc1. The summed E-state index contributed by atoms with van der Waals surface area (Å²) in [5.41, 5.74) is 14.8. The predicted molar refractivity (Wildman–Crippen MR) is 100 cm³/mol. The number of aromatic nitrogens is 2. The Labute approximate surface area is 156 Å². The van der Waals surface area contributed by atoms with E-state index in [0.29, 0.717) is 41.8 Å². The van der Waals surface area contributed by atoms with E-state index >= 15 is 0 Å². The van der Waals surface area contributed by atoms with Gasteiger partial charge in [0.1, 0.15) is 5.75 Å². The van der Waals surface area contributed by atoms with E-state index in [1.165, 1.54) is 0 Å². The van der Waals surface area contributed by atoms with Crippen molar-refractivity contribution in [1.29, 1.82) is 0 Å². The maximum Gasteiger partial charge on any atom is 0.252 e. The van der Waals surface area contributed by atoms with Crippen molar-refractivity contribution in [2.45, 2.75) is 19.3 Å². The van der Waals surface area contributed by atoms with E-state index in [-0.39, 0.29) is 5.75 Å². The highest BCUT2D eigenvalue weighted by atomic mass is 16.3. The first-order chi connectivity index (χ1) is 12.9. The minimum atomic E-state index is -0.534. The first-order valence-electron chi connectivity index (χ1n) is 8.46. The summed E-state index contributed by atoms with van der Waals surface area (Å²) in [7, 11) is 0. The molecule has 1 aromatic heterocycles. The molecule has 0 saturated heterocycles. The molecule has 0 aliphatic carbocycles. The third-order valence-corrected chi connectivity index (χ3v) is 4.37. The van der Waals surface area contributed by atoms with E-state index in [9.17, 15) is 14.7 Å². The minimum Gasteiger partial charge on any atom is -0.508 e. The van der Waals surface area contributed by atoms with Crippen LogP contribution in [0.2, 0.25) is 0 Å². The zero-order chi connectivity index (χ0) is 19.4. The van der Waals surface area contributed by atoms with Crippen LogP contribution >= 0.6 is 0 Å². The zero-order valence-electron chi connectivity index (χ0n) is 14.6. The van der Waals surface area contributed by atoms with Crippen molar-refractivity contribution in [2.24, 2.45) is 11.5 Å². The number of phenolic OH excluding ortho intramolecular Hbond substituents is 1. The van der Waals surface area contributed by atoms with Crippen LogP contribution in [0.1, 0.15) is 43.2 Å². The van der Waals surface area contributed by atoms with Gasteiger partial charge in [0.15, 0.2) is 0 Å². The molecule has 0 fully saturated rings. The van der Waals surface area contributed by atoms with Crippen LogP contribution < -0.4 is 11.5 Å². The van der Waals surface area contributed by atoms with Gasteiger partial charge in [-0.05, 0) is 48.2 Å². The Balaban J connectivity index is 1.77. The second kappa shape index (κ2) is 7.74. The van der Waals surface area contributed by atoms with Crippen molar-refractivity contribution in [3.05, 3.63) is 82.2 Å². The predicted octanol–water partition coefficient (Wildman–Crippen LogP) is 1.69. The number of nitrogens with one attached hydrogen (secondary N) is 1. The summed E-state index contributed by atoms with van der Waals surface area (Å²) >= 11 is 0. The highest BCUT2D eigenvalue weighted by molar-refractivity contribution is 5.95. The number of carbonyl (C=O) groups excluding carboxylic acids is 2. The molecule has 0 radical (unpaired) electrons. The largest absolute Gasteiger partial charge is 0.508 e. The van der Waals surface area contributed by atoms with Gasteiger partial charge < -0.3 is 16.6 Å². The van der Waals surface area contributed by atoms with Crippen LogP contribution in [0.5, 0.6) is 5.75 Å². The van der Waals surface area contributed by atoms with Gasteiger partial charge in [0.05, 0.1) is 17.0 Å². The molecular weight excluding hydrogens is 344 g/mol. The number of aromatic hydroxyl groups is 1. The molecule has 1 heterocycles. The Morgan fingerprint density at radius 1 is 0.889 bits per heavy atom.